The molecule has 22 heavy (non-hydrogen) atoms. The Hall–Kier alpha value is -1.59. The summed E-state index contributed by atoms with van der Waals surface area (Å²) in [5.74, 6) is 0.0772. The number of amides is 2. The molecule has 2 fully saturated rings. The lowest BCUT2D eigenvalue weighted by atomic mass is 10.1. The number of nitrogens with one attached hydrogen (secondary N) is 1. The summed E-state index contributed by atoms with van der Waals surface area (Å²) in [5, 5.41) is 3.28. The van der Waals surface area contributed by atoms with E-state index in [0.717, 1.165) is 25.9 Å². The third-order valence-corrected chi connectivity index (χ3v) is 4.62. The Bertz CT molecular complexity index is 615. The quantitative estimate of drug-likeness (QED) is 0.889. The van der Waals surface area contributed by atoms with Crippen molar-refractivity contribution in [2.45, 2.75) is 32.0 Å². The highest BCUT2D eigenvalue weighted by atomic mass is 35.5. The van der Waals surface area contributed by atoms with Gasteiger partial charge in [-0.15, -0.1) is 12.4 Å². The van der Waals surface area contributed by atoms with Gasteiger partial charge in [-0.2, -0.15) is 0 Å². The van der Waals surface area contributed by atoms with E-state index >= 15 is 0 Å². The van der Waals surface area contributed by atoms with Crippen LogP contribution in [-0.2, 0) is 17.9 Å². The maximum atomic E-state index is 12.6. The first-order chi connectivity index (χ1) is 10.2. The number of carbonyl (C=O) groups is 2. The Morgan fingerprint density at radius 1 is 1.14 bits per heavy atom. The van der Waals surface area contributed by atoms with E-state index in [4.69, 9.17) is 0 Å². The van der Waals surface area contributed by atoms with Gasteiger partial charge < -0.3 is 15.1 Å². The van der Waals surface area contributed by atoms with Gasteiger partial charge in [-0.1, -0.05) is 6.07 Å². The van der Waals surface area contributed by atoms with Crippen molar-refractivity contribution in [3.8, 4) is 0 Å². The van der Waals surface area contributed by atoms with Crippen LogP contribution in [0, 0.1) is 0 Å². The monoisotopic (exact) mass is 321 g/mol. The molecule has 6 heteroatoms. The second-order valence-electron chi connectivity index (χ2n) is 6.13. The number of halogens is 1. The third-order valence-electron chi connectivity index (χ3n) is 4.62. The summed E-state index contributed by atoms with van der Waals surface area (Å²) < 4.78 is 0. The summed E-state index contributed by atoms with van der Waals surface area (Å²) in [7, 11) is 0. The van der Waals surface area contributed by atoms with Crippen molar-refractivity contribution in [2.75, 3.05) is 19.6 Å². The van der Waals surface area contributed by atoms with E-state index in [0.29, 0.717) is 24.7 Å². The minimum absolute atomic E-state index is 0. The van der Waals surface area contributed by atoms with Gasteiger partial charge in [0, 0.05) is 37.8 Å². The molecular weight excluding hydrogens is 302 g/mol. The topological polar surface area (TPSA) is 52.7 Å². The van der Waals surface area contributed by atoms with Gasteiger partial charge in [0.15, 0.2) is 0 Å². The minimum atomic E-state index is -0.0199. The first-order valence-electron chi connectivity index (χ1n) is 7.63. The molecule has 1 aromatic carbocycles. The van der Waals surface area contributed by atoms with Crippen molar-refractivity contribution in [2.24, 2.45) is 0 Å². The molecule has 2 heterocycles. The van der Waals surface area contributed by atoms with E-state index in [1.165, 1.54) is 11.1 Å². The molecule has 3 aliphatic rings. The molecule has 4 rings (SSSR count). The number of nitrogens with zero attached hydrogens (tertiary/aromatic N) is 2. The molecule has 1 aromatic rings. The first-order valence-corrected chi connectivity index (χ1v) is 7.63. The minimum Gasteiger partial charge on any atom is -0.336 e. The van der Waals surface area contributed by atoms with Crippen LogP contribution < -0.4 is 5.32 Å². The van der Waals surface area contributed by atoms with E-state index in [2.05, 4.69) is 5.32 Å². The van der Waals surface area contributed by atoms with Crippen molar-refractivity contribution in [1.82, 2.24) is 15.1 Å². The lowest BCUT2D eigenvalue weighted by molar-refractivity contribution is -0.135. The van der Waals surface area contributed by atoms with E-state index in [1.54, 1.807) is 4.90 Å². The number of fused-ring (bicyclic) bond motifs is 1. The van der Waals surface area contributed by atoms with Crippen molar-refractivity contribution in [1.29, 1.82) is 0 Å². The second kappa shape index (κ2) is 5.89. The molecule has 1 saturated carbocycles. The van der Waals surface area contributed by atoms with Crippen LogP contribution in [0.5, 0.6) is 0 Å². The summed E-state index contributed by atoms with van der Waals surface area (Å²) in [5.41, 5.74) is 3.16. The van der Waals surface area contributed by atoms with Crippen molar-refractivity contribution < 1.29 is 9.59 Å². The molecule has 118 valence electrons. The highest BCUT2D eigenvalue weighted by molar-refractivity contribution is 5.97. The number of hydrogen-bond donors (Lipinski definition) is 1. The highest BCUT2D eigenvalue weighted by Gasteiger charge is 2.37. The van der Waals surface area contributed by atoms with Gasteiger partial charge in [0.1, 0.15) is 6.54 Å². The summed E-state index contributed by atoms with van der Waals surface area (Å²) in [6.45, 7) is 3.26. The molecule has 2 amide bonds. The van der Waals surface area contributed by atoms with E-state index in [9.17, 15) is 9.59 Å². The van der Waals surface area contributed by atoms with Crippen molar-refractivity contribution >= 4 is 24.2 Å². The lowest BCUT2D eigenvalue weighted by Crippen LogP contribution is -2.52. The van der Waals surface area contributed by atoms with Crippen LogP contribution in [0.25, 0.3) is 0 Å². The van der Waals surface area contributed by atoms with E-state index in [-0.39, 0.29) is 30.8 Å². The molecule has 1 saturated heterocycles. The summed E-state index contributed by atoms with van der Waals surface area (Å²) in [6.07, 6.45) is 2.25. The van der Waals surface area contributed by atoms with E-state index in [1.807, 2.05) is 23.1 Å². The van der Waals surface area contributed by atoms with Gasteiger partial charge in [-0.05, 0) is 36.1 Å². The van der Waals surface area contributed by atoms with Gasteiger partial charge in [0.2, 0.25) is 5.91 Å². The largest absolute Gasteiger partial charge is 0.336 e. The summed E-state index contributed by atoms with van der Waals surface area (Å²) in [4.78, 5) is 28.3. The number of rotatable bonds is 2. The van der Waals surface area contributed by atoms with E-state index < -0.39 is 0 Å². The fourth-order valence-corrected chi connectivity index (χ4v) is 3.24. The average Bonchev–Trinajstić information content (AvgIpc) is 3.23. The highest BCUT2D eigenvalue weighted by Crippen LogP contribution is 2.28. The molecule has 0 spiro atoms. The van der Waals surface area contributed by atoms with Gasteiger partial charge >= 0.3 is 0 Å². The molecule has 0 aromatic heterocycles. The predicted molar refractivity (Wildman–Crippen MR) is 84.9 cm³/mol. The molecule has 1 aliphatic carbocycles. The van der Waals surface area contributed by atoms with Crippen molar-refractivity contribution in [3.63, 3.8) is 0 Å². The van der Waals surface area contributed by atoms with Gasteiger partial charge in [0.25, 0.3) is 5.91 Å². The molecule has 5 nitrogen and oxygen atoms in total. The molecule has 0 atom stereocenters. The zero-order valence-electron chi connectivity index (χ0n) is 12.4. The second-order valence-corrected chi connectivity index (χ2v) is 6.13. The van der Waals surface area contributed by atoms with Crippen LogP contribution in [0.4, 0.5) is 0 Å². The number of piperazine rings is 1. The molecule has 1 N–H and O–H groups in total. The predicted octanol–water partition coefficient (Wildman–Crippen LogP) is 1.16. The first kappa shape index (κ1) is 15.3. The fourth-order valence-electron chi connectivity index (χ4n) is 3.24. The lowest BCUT2D eigenvalue weighted by Gasteiger charge is -2.34. The zero-order chi connectivity index (χ0) is 14.4. The molecule has 0 bridgehead atoms. The molecule has 2 aliphatic heterocycles. The molecule has 0 unspecified atom stereocenters. The van der Waals surface area contributed by atoms with Gasteiger partial charge in [-0.25, -0.2) is 0 Å². The average molecular weight is 322 g/mol. The zero-order valence-corrected chi connectivity index (χ0v) is 13.2. The van der Waals surface area contributed by atoms with Crippen LogP contribution in [0.3, 0.4) is 0 Å². The number of hydrogen-bond acceptors (Lipinski definition) is 3. The molecular formula is C16H20ClN3O2. The number of benzene rings is 1. The Balaban J connectivity index is 0.00000144. The number of carbonyl (C=O) groups excluding carboxylic acids is 2. The Kier molecular flexibility index (Phi) is 4.10. The van der Waals surface area contributed by atoms with Crippen LogP contribution in [-0.4, -0.2) is 47.3 Å². The van der Waals surface area contributed by atoms with Crippen molar-refractivity contribution in [3.05, 3.63) is 34.9 Å². The van der Waals surface area contributed by atoms with Crippen LogP contribution in [0.15, 0.2) is 18.2 Å². The maximum absolute atomic E-state index is 12.6. The Labute approximate surface area is 136 Å². The fraction of sp³-hybridized carbons (Fsp3) is 0.500. The normalized spacial score (nSPS) is 20.6. The Morgan fingerprint density at radius 2 is 1.91 bits per heavy atom. The summed E-state index contributed by atoms with van der Waals surface area (Å²) in [6, 6.07) is 6.31. The standard InChI is InChI=1S/C16H19N3O2.ClH/c20-15-10-18(5-6-19(15)14-3-4-14)16(21)11-1-2-12-8-17-9-13(12)7-11;/h1-2,7,14,17H,3-6,8-10H2;1H. The smallest absolute Gasteiger partial charge is 0.254 e. The third kappa shape index (κ3) is 2.71. The van der Waals surface area contributed by atoms with Crippen LogP contribution in [0.1, 0.15) is 34.3 Å². The van der Waals surface area contributed by atoms with Crippen LogP contribution >= 0.6 is 12.4 Å². The van der Waals surface area contributed by atoms with Gasteiger partial charge in [0.05, 0.1) is 0 Å². The maximum Gasteiger partial charge on any atom is 0.254 e. The van der Waals surface area contributed by atoms with Gasteiger partial charge in [-0.3, -0.25) is 9.59 Å². The Morgan fingerprint density at radius 3 is 2.64 bits per heavy atom. The van der Waals surface area contributed by atoms with Crippen LogP contribution in [0.2, 0.25) is 0 Å². The summed E-state index contributed by atoms with van der Waals surface area (Å²) >= 11 is 0. The SMILES string of the molecule is Cl.O=C(c1ccc2c(c1)CNC2)N1CCN(C2CC2)C(=O)C1. The molecule has 0 radical (unpaired) electrons.